The highest BCUT2D eigenvalue weighted by molar-refractivity contribution is 5.59. The van der Waals surface area contributed by atoms with Crippen LogP contribution in [0.2, 0.25) is 0 Å². The lowest BCUT2D eigenvalue weighted by Gasteiger charge is -2.05. The zero-order valence-electron chi connectivity index (χ0n) is 9.32. The van der Waals surface area contributed by atoms with Crippen LogP contribution in [-0.4, -0.2) is 9.97 Å². The number of aryl methyl sites for hydroxylation is 2. The van der Waals surface area contributed by atoms with Crippen molar-refractivity contribution in [1.29, 1.82) is 0 Å². The zero-order chi connectivity index (χ0) is 11.5. The van der Waals surface area contributed by atoms with Crippen molar-refractivity contribution in [2.75, 3.05) is 5.43 Å². The first-order valence-corrected chi connectivity index (χ1v) is 5.13. The highest BCUT2D eigenvalue weighted by atomic mass is 16.3. The molecule has 0 atom stereocenters. The Labute approximate surface area is 93.7 Å². The molecule has 0 radical (unpaired) electrons. The van der Waals surface area contributed by atoms with Crippen molar-refractivity contribution in [3.63, 3.8) is 0 Å². The summed E-state index contributed by atoms with van der Waals surface area (Å²) in [5.41, 5.74) is 4.38. The van der Waals surface area contributed by atoms with Crippen molar-refractivity contribution in [2.45, 2.75) is 20.3 Å². The number of furan rings is 1. The van der Waals surface area contributed by atoms with E-state index in [1.54, 1.807) is 6.26 Å². The fourth-order valence-corrected chi connectivity index (χ4v) is 1.49. The van der Waals surface area contributed by atoms with Crippen LogP contribution >= 0.6 is 0 Å². The van der Waals surface area contributed by atoms with E-state index >= 15 is 0 Å². The topological polar surface area (TPSA) is 77.0 Å². The number of anilines is 1. The molecule has 2 rings (SSSR count). The molecule has 0 aromatic carbocycles. The Morgan fingerprint density at radius 3 is 2.81 bits per heavy atom. The molecule has 5 nitrogen and oxygen atoms in total. The van der Waals surface area contributed by atoms with Gasteiger partial charge in [0.25, 0.3) is 0 Å². The number of hydrogen-bond donors (Lipinski definition) is 2. The molecular weight excluding hydrogens is 204 g/mol. The molecule has 0 unspecified atom stereocenters. The van der Waals surface area contributed by atoms with Gasteiger partial charge >= 0.3 is 0 Å². The predicted octanol–water partition coefficient (Wildman–Crippen LogP) is 1.89. The van der Waals surface area contributed by atoms with Gasteiger partial charge in [0, 0.05) is 11.8 Å². The van der Waals surface area contributed by atoms with Gasteiger partial charge in [-0.2, -0.15) is 0 Å². The molecule has 0 bridgehead atoms. The number of aromatic nitrogens is 2. The highest BCUT2D eigenvalue weighted by Gasteiger charge is 2.10. The summed E-state index contributed by atoms with van der Waals surface area (Å²) in [7, 11) is 0. The van der Waals surface area contributed by atoms with Crippen molar-refractivity contribution in [1.82, 2.24) is 9.97 Å². The Morgan fingerprint density at radius 2 is 2.25 bits per heavy atom. The fraction of sp³-hybridized carbons (Fsp3) is 0.273. The number of rotatable bonds is 3. The molecule has 0 aliphatic carbocycles. The van der Waals surface area contributed by atoms with Crippen LogP contribution in [0, 0.1) is 6.92 Å². The van der Waals surface area contributed by atoms with E-state index in [2.05, 4.69) is 15.4 Å². The second kappa shape index (κ2) is 4.32. The van der Waals surface area contributed by atoms with Crippen LogP contribution in [0.25, 0.3) is 11.4 Å². The SMILES string of the molecule is CCc1cc(NN)nc(-c2ccoc2C)n1. The molecule has 0 fully saturated rings. The van der Waals surface area contributed by atoms with E-state index in [4.69, 9.17) is 10.3 Å². The van der Waals surface area contributed by atoms with E-state index in [1.807, 2.05) is 26.0 Å². The third-order valence-corrected chi connectivity index (χ3v) is 2.39. The van der Waals surface area contributed by atoms with Crippen LogP contribution in [0.15, 0.2) is 22.8 Å². The number of nitrogen functional groups attached to an aromatic ring is 1. The van der Waals surface area contributed by atoms with E-state index in [1.165, 1.54) is 0 Å². The minimum Gasteiger partial charge on any atom is -0.469 e. The average Bonchev–Trinajstić information content (AvgIpc) is 2.74. The van der Waals surface area contributed by atoms with Gasteiger partial charge in [0.15, 0.2) is 5.82 Å². The number of nitrogens with one attached hydrogen (secondary N) is 1. The van der Waals surface area contributed by atoms with Crippen molar-refractivity contribution in [3.05, 3.63) is 29.9 Å². The first-order chi connectivity index (χ1) is 7.74. The van der Waals surface area contributed by atoms with Gasteiger partial charge in [0.1, 0.15) is 11.6 Å². The van der Waals surface area contributed by atoms with Crippen molar-refractivity contribution < 1.29 is 4.42 Å². The molecule has 2 heterocycles. The van der Waals surface area contributed by atoms with Crippen LogP contribution in [0.5, 0.6) is 0 Å². The standard InChI is InChI=1S/C11H14N4O/c1-3-8-6-10(15-12)14-11(13-8)9-4-5-16-7(9)2/h4-6H,3,12H2,1-2H3,(H,13,14,15). The van der Waals surface area contributed by atoms with Crippen LogP contribution in [0.3, 0.4) is 0 Å². The van der Waals surface area contributed by atoms with Gasteiger partial charge < -0.3 is 9.84 Å². The first-order valence-electron chi connectivity index (χ1n) is 5.13. The lowest BCUT2D eigenvalue weighted by molar-refractivity contribution is 0.535. The van der Waals surface area contributed by atoms with Crippen LogP contribution < -0.4 is 11.3 Å². The maximum Gasteiger partial charge on any atom is 0.165 e. The molecular formula is C11H14N4O. The lowest BCUT2D eigenvalue weighted by Crippen LogP contribution is -2.10. The van der Waals surface area contributed by atoms with Crippen molar-refractivity contribution in [2.24, 2.45) is 5.84 Å². The highest BCUT2D eigenvalue weighted by Crippen LogP contribution is 2.22. The van der Waals surface area contributed by atoms with Crippen molar-refractivity contribution in [3.8, 4) is 11.4 Å². The van der Waals surface area contributed by atoms with E-state index < -0.39 is 0 Å². The maximum atomic E-state index is 5.37. The summed E-state index contributed by atoms with van der Waals surface area (Å²) in [5.74, 6) is 7.42. The van der Waals surface area contributed by atoms with Gasteiger partial charge in [0.05, 0.1) is 11.8 Å². The normalized spacial score (nSPS) is 10.4. The quantitative estimate of drug-likeness (QED) is 0.607. The fourth-order valence-electron chi connectivity index (χ4n) is 1.49. The molecule has 16 heavy (non-hydrogen) atoms. The van der Waals surface area contributed by atoms with E-state index in [0.717, 1.165) is 23.4 Å². The lowest BCUT2D eigenvalue weighted by atomic mass is 10.2. The molecule has 0 aliphatic heterocycles. The Morgan fingerprint density at radius 1 is 1.44 bits per heavy atom. The summed E-state index contributed by atoms with van der Waals surface area (Å²) in [4.78, 5) is 8.73. The van der Waals surface area contributed by atoms with Gasteiger partial charge in [-0.3, -0.25) is 0 Å². The first kappa shape index (κ1) is 10.6. The molecule has 2 aromatic rings. The third-order valence-electron chi connectivity index (χ3n) is 2.39. The zero-order valence-corrected chi connectivity index (χ0v) is 9.32. The molecule has 5 heteroatoms. The van der Waals surface area contributed by atoms with Gasteiger partial charge in [-0.25, -0.2) is 15.8 Å². The number of nitrogens with zero attached hydrogens (tertiary/aromatic N) is 2. The maximum absolute atomic E-state index is 5.37. The minimum absolute atomic E-state index is 0.613. The van der Waals surface area contributed by atoms with Crippen LogP contribution in [0.1, 0.15) is 18.4 Å². The monoisotopic (exact) mass is 218 g/mol. The number of hydrogen-bond acceptors (Lipinski definition) is 5. The third kappa shape index (κ3) is 1.90. The average molecular weight is 218 g/mol. The molecule has 0 saturated carbocycles. The summed E-state index contributed by atoms with van der Waals surface area (Å²) in [5, 5.41) is 0. The second-order valence-corrected chi connectivity index (χ2v) is 3.46. The Bertz CT molecular complexity index is 470. The van der Waals surface area contributed by atoms with Crippen molar-refractivity contribution >= 4 is 5.82 Å². The molecule has 0 amide bonds. The summed E-state index contributed by atoms with van der Waals surface area (Å²) in [6, 6.07) is 3.68. The van der Waals surface area contributed by atoms with E-state index in [0.29, 0.717) is 11.6 Å². The number of nitrogens with two attached hydrogens (primary N) is 1. The summed E-state index contributed by atoms with van der Waals surface area (Å²) < 4.78 is 5.23. The smallest absolute Gasteiger partial charge is 0.165 e. The minimum atomic E-state index is 0.613. The molecule has 84 valence electrons. The van der Waals surface area contributed by atoms with Gasteiger partial charge in [0.2, 0.25) is 0 Å². The summed E-state index contributed by atoms with van der Waals surface area (Å²) in [6.45, 7) is 3.92. The molecule has 0 aliphatic rings. The van der Waals surface area contributed by atoms with Gasteiger partial charge in [-0.1, -0.05) is 6.92 Å². The van der Waals surface area contributed by atoms with Crippen LogP contribution in [0.4, 0.5) is 5.82 Å². The van der Waals surface area contributed by atoms with E-state index in [-0.39, 0.29) is 0 Å². The largest absolute Gasteiger partial charge is 0.469 e. The number of hydrazine groups is 1. The Balaban J connectivity index is 2.52. The Hall–Kier alpha value is -1.88. The predicted molar refractivity (Wildman–Crippen MR) is 61.7 cm³/mol. The molecule has 3 N–H and O–H groups in total. The van der Waals surface area contributed by atoms with Gasteiger partial charge in [-0.15, -0.1) is 0 Å². The van der Waals surface area contributed by atoms with Crippen LogP contribution in [-0.2, 0) is 6.42 Å². The van der Waals surface area contributed by atoms with Gasteiger partial charge in [-0.05, 0) is 19.4 Å². The second-order valence-electron chi connectivity index (χ2n) is 3.46. The molecule has 0 saturated heterocycles. The molecule has 0 spiro atoms. The Kier molecular flexibility index (Phi) is 2.87. The van der Waals surface area contributed by atoms with E-state index in [9.17, 15) is 0 Å². The summed E-state index contributed by atoms with van der Waals surface area (Å²) in [6.07, 6.45) is 2.46. The molecule has 2 aromatic heterocycles. The summed E-state index contributed by atoms with van der Waals surface area (Å²) >= 11 is 0.